The van der Waals surface area contributed by atoms with Gasteiger partial charge >= 0.3 is 5.97 Å². The maximum absolute atomic E-state index is 13.8. The first-order chi connectivity index (χ1) is 18.3. The van der Waals surface area contributed by atoms with Gasteiger partial charge in [0.15, 0.2) is 4.80 Å². The first kappa shape index (κ1) is 26.6. The number of aromatic nitrogens is 1. The Hall–Kier alpha value is -3.04. The second kappa shape index (κ2) is 11.0. The summed E-state index contributed by atoms with van der Waals surface area (Å²) in [5.41, 5.74) is 2.04. The fourth-order valence-electron chi connectivity index (χ4n) is 4.29. The molecule has 2 aromatic heterocycles. The highest BCUT2D eigenvalue weighted by Crippen LogP contribution is 2.35. The summed E-state index contributed by atoms with van der Waals surface area (Å²) in [6.45, 7) is 3.73. The average molecular weight is 586 g/mol. The van der Waals surface area contributed by atoms with E-state index in [2.05, 4.69) is 4.99 Å². The number of carbonyl (C=O) groups is 1. The molecule has 0 saturated heterocycles. The van der Waals surface area contributed by atoms with E-state index in [1.807, 2.05) is 36.6 Å². The molecule has 3 heterocycles. The molecule has 0 radical (unpaired) electrons. The van der Waals surface area contributed by atoms with Gasteiger partial charge in [-0.1, -0.05) is 52.7 Å². The van der Waals surface area contributed by atoms with Crippen LogP contribution in [0.15, 0.2) is 85.0 Å². The Labute approximate surface area is 236 Å². The lowest BCUT2D eigenvalue weighted by atomic mass is 9.96. The molecule has 2 aromatic carbocycles. The van der Waals surface area contributed by atoms with Crippen LogP contribution in [0.3, 0.4) is 0 Å². The number of thiazole rings is 1. The van der Waals surface area contributed by atoms with Crippen molar-refractivity contribution in [2.24, 2.45) is 4.99 Å². The van der Waals surface area contributed by atoms with Gasteiger partial charge in [0.2, 0.25) is 0 Å². The summed E-state index contributed by atoms with van der Waals surface area (Å²) < 4.78 is 13.3. The summed E-state index contributed by atoms with van der Waals surface area (Å²) in [6.07, 6.45) is 3.66. The topological polar surface area (TPSA) is 73.8 Å². The molecule has 194 valence electrons. The fraction of sp³-hybridized carbons (Fsp3) is 0.179. The van der Waals surface area contributed by atoms with Crippen molar-refractivity contribution in [2.45, 2.75) is 24.8 Å². The molecule has 1 aliphatic rings. The fourth-order valence-corrected chi connectivity index (χ4v) is 6.12. The van der Waals surface area contributed by atoms with Gasteiger partial charge in [0.05, 0.1) is 38.5 Å². The van der Waals surface area contributed by atoms with Crippen LogP contribution >= 0.6 is 46.3 Å². The van der Waals surface area contributed by atoms with Crippen molar-refractivity contribution in [2.75, 3.05) is 12.9 Å². The van der Waals surface area contributed by atoms with Crippen LogP contribution in [0.25, 0.3) is 17.4 Å². The number of halogens is 2. The quantitative estimate of drug-likeness (QED) is 0.202. The Balaban J connectivity index is 1.64. The number of furan rings is 1. The number of benzene rings is 2. The van der Waals surface area contributed by atoms with Crippen molar-refractivity contribution in [1.29, 1.82) is 0 Å². The number of thioether (sulfide) groups is 1. The molecule has 4 aromatic rings. The molecule has 6 nitrogen and oxygen atoms in total. The highest BCUT2D eigenvalue weighted by molar-refractivity contribution is 7.98. The number of allylic oxidation sites excluding steroid dienone is 1. The van der Waals surface area contributed by atoms with Gasteiger partial charge in [-0.05, 0) is 62.1 Å². The van der Waals surface area contributed by atoms with Crippen LogP contribution in [-0.4, -0.2) is 23.4 Å². The smallest absolute Gasteiger partial charge is 0.338 e. The third-order valence-electron chi connectivity index (χ3n) is 6.07. The van der Waals surface area contributed by atoms with E-state index in [4.69, 9.17) is 32.4 Å². The maximum Gasteiger partial charge on any atom is 0.338 e. The van der Waals surface area contributed by atoms with Crippen molar-refractivity contribution in [3.05, 3.63) is 107 Å². The van der Waals surface area contributed by atoms with Gasteiger partial charge in [-0.2, -0.15) is 0 Å². The number of carbonyl (C=O) groups excluding carboxylic acids is 1. The third-order valence-corrected chi connectivity index (χ3v) is 8.61. The zero-order chi connectivity index (χ0) is 27.0. The lowest BCUT2D eigenvalue weighted by Crippen LogP contribution is -2.39. The first-order valence-electron chi connectivity index (χ1n) is 11.7. The van der Waals surface area contributed by atoms with Gasteiger partial charge in [0.25, 0.3) is 5.56 Å². The second-order valence-corrected chi connectivity index (χ2v) is 11.1. The van der Waals surface area contributed by atoms with Crippen LogP contribution in [0.4, 0.5) is 0 Å². The van der Waals surface area contributed by atoms with Crippen molar-refractivity contribution >= 4 is 58.3 Å². The molecule has 10 heteroatoms. The molecular formula is C28H22Cl2N2O4S2. The predicted molar refractivity (Wildman–Crippen MR) is 153 cm³/mol. The molecule has 0 unspecified atom stereocenters. The minimum atomic E-state index is -0.666. The summed E-state index contributed by atoms with van der Waals surface area (Å²) >= 11 is 15.4. The SMILES string of the molecule is CCOC(=O)C1=C(C)N=c2s/c(=C\c3ccc(-c4cccc(Cl)c4Cl)o3)c(=O)n2[C@@H]1c1ccc(SC)cc1. The van der Waals surface area contributed by atoms with Crippen molar-refractivity contribution in [3.63, 3.8) is 0 Å². The van der Waals surface area contributed by atoms with E-state index in [1.165, 1.54) is 11.3 Å². The van der Waals surface area contributed by atoms with Gasteiger partial charge in [-0.25, -0.2) is 9.79 Å². The zero-order valence-corrected chi connectivity index (χ0v) is 23.8. The molecule has 0 amide bonds. The highest BCUT2D eigenvalue weighted by Gasteiger charge is 2.33. The van der Waals surface area contributed by atoms with Gasteiger partial charge in [0.1, 0.15) is 11.5 Å². The molecule has 0 N–H and O–H groups in total. The molecule has 5 rings (SSSR count). The molecule has 1 aliphatic heterocycles. The maximum atomic E-state index is 13.8. The summed E-state index contributed by atoms with van der Waals surface area (Å²) in [7, 11) is 0. The van der Waals surface area contributed by atoms with Crippen molar-refractivity contribution in [1.82, 2.24) is 4.57 Å². The minimum Gasteiger partial charge on any atom is -0.463 e. The van der Waals surface area contributed by atoms with Crippen LogP contribution < -0.4 is 14.9 Å². The molecule has 0 bridgehead atoms. The molecule has 0 fully saturated rings. The Bertz CT molecular complexity index is 1750. The summed E-state index contributed by atoms with van der Waals surface area (Å²) in [5, 5.41) is 0.817. The second-order valence-electron chi connectivity index (χ2n) is 8.38. The average Bonchev–Trinajstić information content (AvgIpc) is 3.49. The normalized spacial score (nSPS) is 15.4. The number of fused-ring (bicyclic) bond motifs is 1. The number of ether oxygens (including phenoxy) is 1. The Morgan fingerprint density at radius 3 is 2.66 bits per heavy atom. The number of esters is 1. The predicted octanol–water partition coefficient (Wildman–Crippen LogP) is 6.09. The molecule has 0 spiro atoms. The van der Waals surface area contributed by atoms with Gasteiger partial charge in [-0.3, -0.25) is 9.36 Å². The summed E-state index contributed by atoms with van der Waals surface area (Å²) in [5.74, 6) is 0.517. The summed E-state index contributed by atoms with van der Waals surface area (Å²) in [6, 6.07) is 16.0. The largest absolute Gasteiger partial charge is 0.463 e. The van der Waals surface area contributed by atoms with E-state index in [9.17, 15) is 9.59 Å². The van der Waals surface area contributed by atoms with Crippen molar-refractivity contribution < 1.29 is 13.9 Å². The molecular weight excluding hydrogens is 563 g/mol. The lowest BCUT2D eigenvalue weighted by Gasteiger charge is -2.24. The van der Waals surface area contributed by atoms with Crippen molar-refractivity contribution in [3.8, 4) is 11.3 Å². The number of nitrogens with zero attached hydrogens (tertiary/aromatic N) is 2. The number of hydrogen-bond acceptors (Lipinski definition) is 7. The Morgan fingerprint density at radius 2 is 1.95 bits per heavy atom. The molecule has 1 atom stereocenters. The molecule has 0 aliphatic carbocycles. The van der Waals surface area contributed by atoms with Crippen LogP contribution in [0.5, 0.6) is 0 Å². The zero-order valence-electron chi connectivity index (χ0n) is 20.7. The Morgan fingerprint density at radius 1 is 1.18 bits per heavy atom. The molecule has 38 heavy (non-hydrogen) atoms. The Kier molecular flexibility index (Phi) is 7.68. The first-order valence-corrected chi connectivity index (χ1v) is 14.5. The van der Waals surface area contributed by atoms with E-state index in [-0.39, 0.29) is 12.2 Å². The van der Waals surface area contributed by atoms with E-state index in [0.29, 0.717) is 47.7 Å². The van der Waals surface area contributed by atoms with Gasteiger partial charge in [-0.15, -0.1) is 11.8 Å². The minimum absolute atomic E-state index is 0.218. The van der Waals surface area contributed by atoms with E-state index in [1.54, 1.807) is 60.5 Å². The van der Waals surface area contributed by atoms with Crippen LogP contribution in [0, 0.1) is 0 Å². The summed E-state index contributed by atoms with van der Waals surface area (Å²) in [4.78, 5) is 33.0. The van der Waals surface area contributed by atoms with E-state index >= 15 is 0 Å². The molecule has 0 saturated carbocycles. The monoisotopic (exact) mass is 584 g/mol. The van der Waals surface area contributed by atoms with Gasteiger partial charge in [0, 0.05) is 16.5 Å². The van der Waals surface area contributed by atoms with Crippen LogP contribution in [0.2, 0.25) is 10.0 Å². The standard InChI is InChI=1S/C28H22Cl2N2O4S2/c1-4-35-27(34)23-15(2)31-28-32(25(23)16-8-11-18(37-3)12-9-16)26(33)22(38-28)14-17-10-13-21(36-17)19-6-5-7-20(29)24(19)30/h5-14,25H,4H2,1-3H3/b22-14-/t25-/m1/s1. The van der Waals surface area contributed by atoms with Gasteiger partial charge < -0.3 is 9.15 Å². The number of hydrogen-bond donors (Lipinski definition) is 0. The van der Waals surface area contributed by atoms with E-state index in [0.717, 1.165) is 10.5 Å². The van der Waals surface area contributed by atoms with Crippen LogP contribution in [0.1, 0.15) is 31.2 Å². The lowest BCUT2D eigenvalue weighted by molar-refractivity contribution is -0.139. The highest BCUT2D eigenvalue weighted by atomic mass is 35.5. The van der Waals surface area contributed by atoms with Crippen LogP contribution in [-0.2, 0) is 9.53 Å². The van der Waals surface area contributed by atoms with E-state index < -0.39 is 12.0 Å². The number of rotatable bonds is 6. The third kappa shape index (κ3) is 4.89.